The molecule has 1 rings (SSSR count). The zero-order chi connectivity index (χ0) is 16.0. The van der Waals surface area contributed by atoms with Gasteiger partial charge in [0.1, 0.15) is 5.02 Å². The first kappa shape index (κ1) is 16.9. The fourth-order valence-electron chi connectivity index (χ4n) is 1.77. The number of carbonyl (C=O) groups is 2. The quantitative estimate of drug-likeness (QED) is 0.593. The maximum Gasteiger partial charge on any atom is 0.308 e. The molecule has 0 aliphatic carbocycles. The number of amides is 1. The molecule has 21 heavy (non-hydrogen) atoms. The van der Waals surface area contributed by atoms with E-state index in [1.807, 2.05) is 6.92 Å². The Bertz CT molecular complexity index is 561. The molecular formula is C13H15ClN2O5. The minimum Gasteiger partial charge on any atom is -0.481 e. The summed E-state index contributed by atoms with van der Waals surface area (Å²) in [4.78, 5) is 32.9. The van der Waals surface area contributed by atoms with Crippen LogP contribution in [0.5, 0.6) is 0 Å². The number of nitro groups is 1. The lowest BCUT2D eigenvalue weighted by Gasteiger charge is -2.12. The van der Waals surface area contributed by atoms with E-state index in [0.717, 1.165) is 6.07 Å². The molecule has 0 aliphatic heterocycles. The summed E-state index contributed by atoms with van der Waals surface area (Å²) in [6, 6.07) is 3.67. The fraction of sp³-hybridized carbons (Fsp3) is 0.385. The largest absolute Gasteiger partial charge is 0.481 e. The first-order chi connectivity index (χ1) is 9.86. The number of nitrogens with zero attached hydrogens (tertiary/aromatic N) is 1. The minimum absolute atomic E-state index is 0.0293. The molecule has 0 aromatic heterocycles. The van der Waals surface area contributed by atoms with E-state index in [1.165, 1.54) is 12.1 Å². The van der Waals surface area contributed by atoms with Gasteiger partial charge >= 0.3 is 5.97 Å². The zero-order valence-electron chi connectivity index (χ0n) is 11.3. The summed E-state index contributed by atoms with van der Waals surface area (Å²) in [5.74, 6) is -2.24. The van der Waals surface area contributed by atoms with Crippen LogP contribution in [0.25, 0.3) is 0 Å². The third-order valence-corrected chi connectivity index (χ3v) is 3.22. The van der Waals surface area contributed by atoms with Gasteiger partial charge in [0, 0.05) is 18.2 Å². The van der Waals surface area contributed by atoms with Gasteiger partial charge in [-0.05, 0) is 18.6 Å². The average molecular weight is 315 g/mol. The van der Waals surface area contributed by atoms with Gasteiger partial charge in [-0.1, -0.05) is 24.9 Å². The third-order valence-electron chi connectivity index (χ3n) is 2.90. The van der Waals surface area contributed by atoms with E-state index in [9.17, 15) is 19.7 Å². The second-order valence-corrected chi connectivity index (χ2v) is 4.86. The molecule has 1 aromatic rings. The second kappa shape index (κ2) is 7.58. The van der Waals surface area contributed by atoms with Crippen LogP contribution in [0.3, 0.4) is 0 Å². The monoisotopic (exact) mass is 314 g/mol. The minimum atomic E-state index is -0.987. The molecule has 0 saturated heterocycles. The van der Waals surface area contributed by atoms with Crippen molar-refractivity contribution in [1.29, 1.82) is 0 Å². The zero-order valence-corrected chi connectivity index (χ0v) is 12.1. The molecular weight excluding hydrogens is 300 g/mol. The van der Waals surface area contributed by atoms with Gasteiger partial charge in [0.05, 0.1) is 10.8 Å². The van der Waals surface area contributed by atoms with Gasteiger partial charge in [-0.2, -0.15) is 0 Å². The number of hydrogen-bond acceptors (Lipinski definition) is 4. The van der Waals surface area contributed by atoms with E-state index in [0.29, 0.717) is 12.8 Å². The first-order valence-corrected chi connectivity index (χ1v) is 6.69. The van der Waals surface area contributed by atoms with E-state index in [-0.39, 0.29) is 22.8 Å². The van der Waals surface area contributed by atoms with Gasteiger partial charge in [0.25, 0.3) is 11.6 Å². The number of aliphatic carboxylic acids is 1. The molecule has 1 amide bonds. The molecule has 8 heteroatoms. The summed E-state index contributed by atoms with van der Waals surface area (Å²) >= 11 is 5.66. The summed E-state index contributed by atoms with van der Waals surface area (Å²) in [6.45, 7) is 1.82. The second-order valence-electron chi connectivity index (χ2n) is 4.46. The Balaban J connectivity index is 2.78. The highest BCUT2D eigenvalue weighted by Gasteiger charge is 2.19. The van der Waals surface area contributed by atoms with E-state index >= 15 is 0 Å². The summed E-state index contributed by atoms with van der Waals surface area (Å²) in [7, 11) is 0. The Morgan fingerprint density at radius 1 is 1.48 bits per heavy atom. The van der Waals surface area contributed by atoms with Crippen molar-refractivity contribution in [1.82, 2.24) is 5.32 Å². The molecule has 114 valence electrons. The Morgan fingerprint density at radius 3 is 2.67 bits per heavy atom. The van der Waals surface area contributed by atoms with Gasteiger partial charge in [-0.3, -0.25) is 19.7 Å². The number of carbonyl (C=O) groups excluding carboxylic acids is 1. The predicted molar refractivity (Wildman–Crippen MR) is 76.5 cm³/mol. The molecule has 1 unspecified atom stereocenters. The molecule has 0 spiro atoms. The van der Waals surface area contributed by atoms with Crippen LogP contribution < -0.4 is 5.32 Å². The first-order valence-electron chi connectivity index (χ1n) is 6.31. The van der Waals surface area contributed by atoms with Crippen molar-refractivity contribution < 1.29 is 19.6 Å². The Kier molecular flexibility index (Phi) is 6.10. The fourth-order valence-corrected chi connectivity index (χ4v) is 1.96. The lowest BCUT2D eigenvalue weighted by molar-refractivity contribution is -0.384. The van der Waals surface area contributed by atoms with Crippen LogP contribution in [0.1, 0.15) is 30.1 Å². The lowest BCUT2D eigenvalue weighted by atomic mass is 10.0. The summed E-state index contributed by atoms with van der Waals surface area (Å²) in [5.41, 5.74) is -0.306. The summed E-state index contributed by atoms with van der Waals surface area (Å²) in [5, 5.41) is 22.1. The predicted octanol–water partition coefficient (Wildman–Crippen LogP) is 2.48. The number of carboxylic acid groups (broad SMARTS) is 1. The van der Waals surface area contributed by atoms with Gasteiger partial charge in [-0.15, -0.1) is 0 Å². The van der Waals surface area contributed by atoms with Crippen LogP contribution in [-0.2, 0) is 4.79 Å². The van der Waals surface area contributed by atoms with E-state index in [4.69, 9.17) is 16.7 Å². The van der Waals surface area contributed by atoms with Gasteiger partial charge in [0.15, 0.2) is 0 Å². The average Bonchev–Trinajstić information content (AvgIpc) is 2.42. The molecule has 7 nitrogen and oxygen atoms in total. The molecule has 0 saturated carbocycles. The lowest BCUT2D eigenvalue weighted by Crippen LogP contribution is -2.32. The highest BCUT2D eigenvalue weighted by molar-refractivity contribution is 6.32. The van der Waals surface area contributed by atoms with Crippen molar-refractivity contribution >= 4 is 29.2 Å². The number of halogens is 1. The number of benzene rings is 1. The molecule has 0 radical (unpaired) electrons. The van der Waals surface area contributed by atoms with Crippen LogP contribution in [0, 0.1) is 16.0 Å². The summed E-state index contributed by atoms with van der Waals surface area (Å²) in [6.07, 6.45) is 1.12. The van der Waals surface area contributed by atoms with E-state index in [2.05, 4.69) is 5.32 Å². The van der Waals surface area contributed by atoms with E-state index in [1.54, 1.807) is 0 Å². The number of nitrogens with one attached hydrogen (secondary N) is 1. The standard InChI is InChI=1S/C13H15ClN2O5/c1-2-3-9(13(18)19)7-15-12(17)8-4-5-10(14)11(6-8)16(20)21/h4-6,9H,2-3,7H2,1H3,(H,15,17)(H,18,19). The van der Waals surface area contributed by atoms with Crippen LogP contribution in [0.4, 0.5) is 5.69 Å². The molecule has 1 aromatic carbocycles. The van der Waals surface area contributed by atoms with Gasteiger partial charge < -0.3 is 10.4 Å². The van der Waals surface area contributed by atoms with Crippen LogP contribution in [0.2, 0.25) is 5.02 Å². The Morgan fingerprint density at radius 2 is 2.14 bits per heavy atom. The highest BCUT2D eigenvalue weighted by atomic mass is 35.5. The number of carboxylic acids is 1. The third kappa shape index (κ3) is 4.71. The smallest absolute Gasteiger partial charge is 0.308 e. The number of nitro benzene ring substituents is 1. The van der Waals surface area contributed by atoms with Crippen molar-refractivity contribution in [3.05, 3.63) is 38.9 Å². The topological polar surface area (TPSA) is 110 Å². The normalized spacial score (nSPS) is 11.7. The van der Waals surface area contributed by atoms with E-state index < -0.39 is 22.7 Å². The van der Waals surface area contributed by atoms with Crippen molar-refractivity contribution in [2.45, 2.75) is 19.8 Å². The maximum absolute atomic E-state index is 11.9. The van der Waals surface area contributed by atoms with Crippen molar-refractivity contribution in [3.8, 4) is 0 Å². The van der Waals surface area contributed by atoms with Gasteiger partial charge in [-0.25, -0.2) is 0 Å². The SMILES string of the molecule is CCCC(CNC(=O)c1ccc(Cl)c([N+](=O)[O-])c1)C(=O)O. The Labute approximate surface area is 126 Å². The Hall–Kier alpha value is -2.15. The van der Waals surface area contributed by atoms with Crippen molar-refractivity contribution in [2.24, 2.45) is 5.92 Å². The number of hydrogen-bond donors (Lipinski definition) is 2. The van der Waals surface area contributed by atoms with Crippen LogP contribution in [0.15, 0.2) is 18.2 Å². The summed E-state index contributed by atoms with van der Waals surface area (Å²) < 4.78 is 0. The molecule has 0 aliphatic rings. The number of rotatable bonds is 7. The molecule has 1 atom stereocenters. The van der Waals surface area contributed by atoms with Crippen molar-refractivity contribution in [3.63, 3.8) is 0 Å². The molecule has 0 heterocycles. The van der Waals surface area contributed by atoms with Crippen molar-refractivity contribution in [2.75, 3.05) is 6.54 Å². The van der Waals surface area contributed by atoms with Crippen LogP contribution in [-0.4, -0.2) is 28.5 Å². The molecule has 0 fully saturated rings. The van der Waals surface area contributed by atoms with Crippen LogP contribution >= 0.6 is 11.6 Å². The maximum atomic E-state index is 11.9. The highest BCUT2D eigenvalue weighted by Crippen LogP contribution is 2.25. The molecule has 0 bridgehead atoms. The molecule has 2 N–H and O–H groups in total. The van der Waals surface area contributed by atoms with Gasteiger partial charge in [0.2, 0.25) is 0 Å².